The molecule has 0 aliphatic carbocycles. The maximum atomic E-state index is 12.7. The van der Waals surface area contributed by atoms with Crippen molar-refractivity contribution in [3.05, 3.63) is 192 Å². The Labute approximate surface area is 498 Å². The van der Waals surface area contributed by atoms with Crippen LogP contribution in [0.25, 0.3) is 39.2 Å². The molecule has 0 bridgehead atoms. The molecule has 0 spiro atoms. The summed E-state index contributed by atoms with van der Waals surface area (Å²) in [6.45, 7) is 1.17. The number of hydrogen-bond donors (Lipinski definition) is 6. The number of para-hydroxylation sites is 1. The highest BCUT2D eigenvalue weighted by molar-refractivity contribution is 7.99. The van der Waals surface area contributed by atoms with Crippen molar-refractivity contribution in [3.8, 4) is 17.6 Å². The lowest BCUT2D eigenvalue weighted by atomic mass is 10.1. The van der Waals surface area contributed by atoms with E-state index in [2.05, 4.69) is 76.4 Å². The van der Waals surface area contributed by atoms with E-state index in [9.17, 15) is 19.6 Å². The molecule has 0 radical (unpaired) electrons. The summed E-state index contributed by atoms with van der Waals surface area (Å²) in [7, 11) is 3.12. The van der Waals surface area contributed by atoms with Crippen molar-refractivity contribution in [1.82, 2.24) is 60.5 Å². The second-order valence-corrected chi connectivity index (χ2v) is 21.4. The van der Waals surface area contributed by atoms with Gasteiger partial charge >= 0.3 is 0 Å². The lowest BCUT2D eigenvalue weighted by Gasteiger charge is -2.10. The Bertz CT molecular complexity index is 4200. The second-order valence-electron chi connectivity index (χ2n) is 18.5. The number of nitriles is 1. The van der Waals surface area contributed by atoms with Gasteiger partial charge in [0.05, 0.1) is 78.7 Å². The molecule has 1 atom stereocenters. The average Bonchev–Trinajstić information content (AvgIpc) is 4.46. The standard InChI is InChI=1S/C22H19N5O2S.C21H16N6O2S.C17H17N5O2S/c1-29-19-8-3-2-6-16(19)9-10-20(28)26-17-7-4-5-15(11-17)13-30-22-18-12-25-27-21(18)23-14-24-22;1-29-16-6-5-14(9-22)17(8-16)20(28)26-15-4-2-3-13(7-15)11-30-21-18-10-25-27-19(18)23-12-24-21;23-16(12-4-5-24-8-12)21-13-3-1-2-11(6-13)9-25-17-14-7-20-22-15(14)18-10-19-17/h2-12,14H,13H2,1H3,(H,26,28)(H,23,24,25,27);2-8,10,12H,11H2,1H3,(H,26,28)(H,23,24,25,27);1-3,6-7,10,12H,4-5,8-9H2,(H,21,23)(H,18,19,20,22)/b10-9+;;. The maximum absolute atomic E-state index is 12.7. The van der Waals surface area contributed by atoms with Gasteiger partial charge in [0.15, 0.2) is 16.9 Å². The van der Waals surface area contributed by atoms with E-state index in [1.54, 1.807) is 91.3 Å². The number of amides is 3. The number of fused-ring (bicyclic) bond motifs is 3. The number of nitrogens with zero attached hydrogens (tertiary/aromatic N) is 10. The normalized spacial score (nSPS) is 12.6. The number of methoxy groups -OCH3 is 2. The third-order valence-electron chi connectivity index (χ3n) is 12.8. The number of aromatic amines is 3. The molecular formula is C60H52N16O6S3. The van der Waals surface area contributed by atoms with Crippen LogP contribution in [-0.4, -0.2) is 106 Å². The molecule has 11 aromatic rings. The van der Waals surface area contributed by atoms with Crippen LogP contribution in [0.2, 0.25) is 0 Å². The largest absolute Gasteiger partial charge is 0.497 e. The van der Waals surface area contributed by atoms with E-state index < -0.39 is 0 Å². The SMILES string of the molecule is COc1ccc(C#N)c(C(=O)Nc2cccc(CSc3ncnc4[nH]ncc34)c2)c1.COc1ccccc1/C=C/C(=O)Nc1cccc(CSc2ncnc3[nH]ncc23)c1.O=C(Nc1cccc(CSc2ncnc3[nH]ncc23)c1)C1CCOC1. The number of rotatable bonds is 18. The van der Waals surface area contributed by atoms with E-state index >= 15 is 0 Å². The smallest absolute Gasteiger partial charge is 0.257 e. The Hall–Kier alpha value is -10.0. The first-order valence-corrected chi connectivity index (χ1v) is 29.1. The zero-order valence-corrected chi connectivity index (χ0v) is 48.0. The minimum Gasteiger partial charge on any atom is -0.497 e. The van der Waals surface area contributed by atoms with Crippen LogP contribution < -0.4 is 25.4 Å². The second kappa shape index (κ2) is 28.8. The van der Waals surface area contributed by atoms with Crippen molar-refractivity contribution in [3.63, 3.8) is 0 Å². The number of anilines is 3. The average molecular weight is 1190 g/mol. The van der Waals surface area contributed by atoms with Crippen LogP contribution in [0.4, 0.5) is 17.1 Å². The van der Waals surface area contributed by atoms with E-state index in [-0.39, 0.29) is 34.8 Å². The van der Waals surface area contributed by atoms with E-state index in [0.717, 1.165) is 94.1 Å². The van der Waals surface area contributed by atoms with Crippen LogP contribution in [0, 0.1) is 17.2 Å². The van der Waals surface area contributed by atoms with Crippen LogP contribution in [0.1, 0.15) is 44.6 Å². The van der Waals surface area contributed by atoms with Gasteiger partial charge in [0.25, 0.3) is 5.91 Å². The summed E-state index contributed by atoms with van der Waals surface area (Å²) < 4.78 is 15.7. The molecule has 1 fully saturated rings. The molecule has 12 rings (SSSR count). The minimum atomic E-state index is -0.369. The quantitative estimate of drug-likeness (QED) is 0.0264. The van der Waals surface area contributed by atoms with E-state index in [1.165, 1.54) is 32.2 Å². The van der Waals surface area contributed by atoms with Crippen LogP contribution >= 0.6 is 35.3 Å². The topological polar surface area (TPSA) is 302 Å². The summed E-state index contributed by atoms with van der Waals surface area (Å²) in [6, 6.07) is 37.5. The first kappa shape index (κ1) is 58.2. The fourth-order valence-corrected chi connectivity index (χ4v) is 11.2. The molecule has 0 saturated carbocycles. The van der Waals surface area contributed by atoms with Crippen LogP contribution in [0.3, 0.4) is 0 Å². The molecule has 1 saturated heterocycles. The highest BCUT2D eigenvalue weighted by Gasteiger charge is 2.24. The monoisotopic (exact) mass is 1190 g/mol. The predicted molar refractivity (Wildman–Crippen MR) is 327 cm³/mol. The molecule has 3 amide bonds. The van der Waals surface area contributed by atoms with Crippen LogP contribution in [-0.2, 0) is 31.6 Å². The van der Waals surface area contributed by atoms with E-state index in [0.29, 0.717) is 41.8 Å². The van der Waals surface area contributed by atoms with Gasteiger partial charge in [-0.1, -0.05) is 54.6 Å². The first-order chi connectivity index (χ1) is 41.7. The van der Waals surface area contributed by atoms with Crippen molar-refractivity contribution in [2.75, 3.05) is 43.4 Å². The number of hydrogen-bond acceptors (Lipinski definition) is 19. The predicted octanol–water partition coefficient (Wildman–Crippen LogP) is 10.7. The number of H-pyrrole nitrogens is 3. The molecule has 5 aromatic carbocycles. The van der Waals surface area contributed by atoms with Gasteiger partial charge < -0.3 is 30.2 Å². The number of ether oxygens (including phenoxy) is 3. The molecule has 6 aromatic heterocycles. The highest BCUT2D eigenvalue weighted by atomic mass is 32.2. The lowest BCUT2D eigenvalue weighted by Crippen LogP contribution is -2.22. The Balaban J connectivity index is 0.000000142. The first-order valence-electron chi connectivity index (χ1n) is 26.2. The molecule has 85 heavy (non-hydrogen) atoms. The number of aromatic nitrogens is 12. The maximum Gasteiger partial charge on any atom is 0.257 e. The Morgan fingerprint density at radius 3 is 1.64 bits per heavy atom. The fourth-order valence-electron chi connectivity index (χ4n) is 8.52. The van der Waals surface area contributed by atoms with Crippen molar-refractivity contribution in [2.24, 2.45) is 5.92 Å². The van der Waals surface area contributed by atoms with Crippen molar-refractivity contribution in [1.29, 1.82) is 5.26 Å². The summed E-state index contributed by atoms with van der Waals surface area (Å²) in [5.74, 6) is 2.74. The summed E-state index contributed by atoms with van der Waals surface area (Å²) in [4.78, 5) is 62.6. The van der Waals surface area contributed by atoms with Gasteiger partial charge in [0, 0.05) is 52.6 Å². The molecule has 1 unspecified atom stereocenters. The van der Waals surface area contributed by atoms with Gasteiger partial charge in [0.1, 0.15) is 45.6 Å². The molecule has 1 aliphatic rings. The Kier molecular flexibility index (Phi) is 19.7. The van der Waals surface area contributed by atoms with Gasteiger partial charge in [-0.05, 0) is 89.9 Å². The number of nitrogens with one attached hydrogen (secondary N) is 6. The summed E-state index contributed by atoms with van der Waals surface area (Å²) in [5, 5.41) is 43.8. The van der Waals surface area contributed by atoms with Crippen molar-refractivity contribution < 1.29 is 28.6 Å². The minimum absolute atomic E-state index is 0.0261. The number of carbonyl (C=O) groups is 3. The van der Waals surface area contributed by atoms with Crippen LogP contribution in [0.15, 0.2) is 174 Å². The zero-order valence-electron chi connectivity index (χ0n) is 45.6. The van der Waals surface area contributed by atoms with E-state index in [1.807, 2.05) is 97.1 Å². The molecule has 7 heterocycles. The van der Waals surface area contributed by atoms with Gasteiger partial charge in [0.2, 0.25) is 11.8 Å². The lowest BCUT2D eigenvalue weighted by molar-refractivity contribution is -0.119. The van der Waals surface area contributed by atoms with Gasteiger partial charge in [-0.25, -0.2) is 29.9 Å². The molecule has 426 valence electrons. The van der Waals surface area contributed by atoms with E-state index in [4.69, 9.17) is 14.2 Å². The molecule has 1 aliphatic heterocycles. The number of benzene rings is 5. The zero-order chi connectivity index (χ0) is 58.7. The Morgan fingerprint density at radius 2 is 1.14 bits per heavy atom. The summed E-state index contributed by atoms with van der Waals surface area (Å²) >= 11 is 4.77. The summed E-state index contributed by atoms with van der Waals surface area (Å²) in [5.41, 5.74) is 8.92. The fraction of sp³-hybridized carbons (Fsp3) is 0.150. The summed E-state index contributed by atoms with van der Waals surface area (Å²) in [6.07, 6.45) is 13.7. The third kappa shape index (κ3) is 15.6. The molecule has 6 N–H and O–H groups in total. The molecular weight excluding hydrogens is 1140 g/mol. The van der Waals surface area contributed by atoms with Crippen molar-refractivity contribution in [2.45, 2.75) is 38.8 Å². The van der Waals surface area contributed by atoms with Crippen molar-refractivity contribution >= 4 is 109 Å². The number of carbonyl (C=O) groups excluding carboxylic acids is 3. The Morgan fingerprint density at radius 1 is 0.624 bits per heavy atom. The third-order valence-corrected chi connectivity index (χ3v) is 16.0. The van der Waals surface area contributed by atoms with Gasteiger partial charge in [-0.3, -0.25) is 29.7 Å². The van der Waals surface area contributed by atoms with Gasteiger partial charge in [-0.2, -0.15) is 20.6 Å². The highest BCUT2D eigenvalue weighted by Crippen LogP contribution is 2.31. The van der Waals surface area contributed by atoms with Crippen LogP contribution in [0.5, 0.6) is 11.5 Å². The molecule has 22 nitrogen and oxygen atoms in total. The van der Waals surface area contributed by atoms with Gasteiger partial charge in [-0.15, -0.1) is 35.3 Å². The molecule has 25 heteroatoms. The number of thioether (sulfide) groups is 3.